The first kappa shape index (κ1) is 11.8. The third kappa shape index (κ3) is 2.08. The van der Waals surface area contributed by atoms with Gasteiger partial charge in [0.1, 0.15) is 5.82 Å². The summed E-state index contributed by atoms with van der Waals surface area (Å²) in [4.78, 5) is 8.51. The molecule has 3 rings (SSSR count). The lowest BCUT2D eigenvalue weighted by atomic mass is 9.85. The summed E-state index contributed by atoms with van der Waals surface area (Å²) in [6.07, 6.45) is 1.63. The molecule has 0 unspecified atom stereocenters. The fourth-order valence-electron chi connectivity index (χ4n) is 2.06. The van der Waals surface area contributed by atoms with Gasteiger partial charge in [-0.15, -0.1) is 0 Å². The molecule has 0 amide bonds. The van der Waals surface area contributed by atoms with E-state index in [4.69, 9.17) is 0 Å². The van der Waals surface area contributed by atoms with Crippen molar-refractivity contribution in [3.05, 3.63) is 54.5 Å². The van der Waals surface area contributed by atoms with E-state index < -0.39 is 0 Å². The van der Waals surface area contributed by atoms with E-state index in [1.54, 1.807) is 36.5 Å². The van der Waals surface area contributed by atoms with Crippen LogP contribution in [0.1, 0.15) is 0 Å². The molecule has 92 valence electrons. The summed E-state index contributed by atoms with van der Waals surface area (Å²) < 4.78 is 13.8. The number of rotatable bonds is 2. The van der Waals surface area contributed by atoms with Gasteiger partial charge < -0.3 is 5.02 Å². The summed E-state index contributed by atoms with van der Waals surface area (Å²) in [7, 11) is -0.133. The number of halogens is 1. The third-order valence-electron chi connectivity index (χ3n) is 2.99. The minimum absolute atomic E-state index is 0.133. The predicted molar refractivity (Wildman–Crippen MR) is 73.9 cm³/mol. The van der Waals surface area contributed by atoms with Gasteiger partial charge in [-0.2, -0.15) is 0 Å². The Morgan fingerprint density at radius 2 is 1.95 bits per heavy atom. The minimum atomic E-state index is -0.339. The molecule has 0 aliphatic carbocycles. The minimum Gasteiger partial charge on any atom is -0.449 e. The van der Waals surface area contributed by atoms with Crippen molar-refractivity contribution in [2.24, 2.45) is 0 Å². The molecule has 5 heteroatoms. The molecule has 3 nitrogen and oxygen atoms in total. The molecule has 1 N–H and O–H groups in total. The van der Waals surface area contributed by atoms with Crippen molar-refractivity contribution in [2.75, 3.05) is 0 Å². The standard InChI is InChI=1S/C14H10BFN2O/c16-12-6-2-1-4-10(12)13-8-11(15-19)9-5-3-7-17-14(9)18-13/h1-8,15,19H. The van der Waals surface area contributed by atoms with Crippen molar-refractivity contribution in [2.45, 2.75) is 0 Å². The number of hydrogen-bond donors (Lipinski definition) is 1. The van der Waals surface area contributed by atoms with E-state index in [1.807, 2.05) is 6.07 Å². The Morgan fingerprint density at radius 3 is 2.74 bits per heavy atom. The number of aromatic nitrogens is 2. The van der Waals surface area contributed by atoms with Gasteiger partial charge in [0, 0.05) is 17.1 Å². The molecule has 2 aromatic heterocycles. The molecule has 1 aromatic carbocycles. The third-order valence-corrected chi connectivity index (χ3v) is 2.99. The van der Waals surface area contributed by atoms with E-state index in [1.165, 1.54) is 6.07 Å². The van der Waals surface area contributed by atoms with Crippen LogP contribution in [0.5, 0.6) is 0 Å². The van der Waals surface area contributed by atoms with E-state index in [0.717, 1.165) is 5.39 Å². The summed E-state index contributed by atoms with van der Waals surface area (Å²) >= 11 is 0. The highest BCUT2D eigenvalue weighted by atomic mass is 19.1. The molecule has 0 saturated carbocycles. The number of pyridine rings is 2. The van der Waals surface area contributed by atoms with E-state index in [2.05, 4.69) is 9.97 Å². The summed E-state index contributed by atoms with van der Waals surface area (Å²) in [6, 6.07) is 11.7. The predicted octanol–water partition coefficient (Wildman–Crippen LogP) is 1.40. The molecule has 0 spiro atoms. The summed E-state index contributed by atoms with van der Waals surface area (Å²) in [5, 5.41) is 10.2. The zero-order valence-corrected chi connectivity index (χ0v) is 10.0. The van der Waals surface area contributed by atoms with Crippen molar-refractivity contribution >= 4 is 24.0 Å². The quantitative estimate of drug-likeness (QED) is 0.701. The van der Waals surface area contributed by atoms with Gasteiger partial charge in [-0.05, 0) is 29.7 Å². The van der Waals surface area contributed by atoms with Gasteiger partial charge in [-0.1, -0.05) is 18.2 Å². The van der Waals surface area contributed by atoms with Crippen molar-refractivity contribution in [1.82, 2.24) is 9.97 Å². The lowest BCUT2D eigenvalue weighted by molar-refractivity contribution is 0.615. The zero-order chi connectivity index (χ0) is 13.2. The van der Waals surface area contributed by atoms with Crippen LogP contribution in [0, 0.1) is 5.82 Å². The number of fused-ring (bicyclic) bond motifs is 1. The Labute approximate surface area is 110 Å². The topological polar surface area (TPSA) is 46.0 Å². The van der Waals surface area contributed by atoms with Crippen LogP contribution in [0.4, 0.5) is 4.39 Å². The van der Waals surface area contributed by atoms with Crippen LogP contribution in [-0.4, -0.2) is 22.5 Å². The van der Waals surface area contributed by atoms with Crippen LogP contribution in [0.2, 0.25) is 0 Å². The van der Waals surface area contributed by atoms with Gasteiger partial charge in [0.25, 0.3) is 0 Å². The molecule has 0 bridgehead atoms. The summed E-state index contributed by atoms with van der Waals surface area (Å²) in [5.41, 5.74) is 2.08. The van der Waals surface area contributed by atoms with Gasteiger partial charge in [0.05, 0.1) is 5.69 Å². The Kier molecular flexibility index (Phi) is 2.97. The zero-order valence-electron chi connectivity index (χ0n) is 10.0. The fourth-order valence-corrected chi connectivity index (χ4v) is 2.06. The van der Waals surface area contributed by atoms with Gasteiger partial charge in [0.2, 0.25) is 0 Å². The van der Waals surface area contributed by atoms with Crippen LogP contribution < -0.4 is 5.46 Å². The number of hydrogen-bond acceptors (Lipinski definition) is 3. The van der Waals surface area contributed by atoms with Crippen molar-refractivity contribution < 1.29 is 9.41 Å². The molecule has 2 heterocycles. The average Bonchev–Trinajstić information content (AvgIpc) is 2.46. The Hall–Kier alpha value is -2.27. The second-order valence-corrected chi connectivity index (χ2v) is 4.18. The molecule has 19 heavy (non-hydrogen) atoms. The fraction of sp³-hybridized carbons (Fsp3) is 0. The highest BCUT2D eigenvalue weighted by Crippen LogP contribution is 2.21. The molecule has 3 aromatic rings. The second-order valence-electron chi connectivity index (χ2n) is 4.18. The molecule has 0 atom stereocenters. The van der Waals surface area contributed by atoms with Crippen LogP contribution in [-0.2, 0) is 0 Å². The Morgan fingerprint density at radius 1 is 1.11 bits per heavy atom. The first-order chi connectivity index (χ1) is 9.29. The van der Waals surface area contributed by atoms with Gasteiger partial charge in [-0.3, -0.25) is 0 Å². The number of benzene rings is 1. The van der Waals surface area contributed by atoms with Gasteiger partial charge >= 0.3 is 7.48 Å². The Balaban J connectivity index is 2.29. The van der Waals surface area contributed by atoms with Crippen LogP contribution in [0.15, 0.2) is 48.7 Å². The molecular formula is C14H10BFN2O. The van der Waals surface area contributed by atoms with Gasteiger partial charge in [-0.25, -0.2) is 14.4 Å². The normalized spacial score (nSPS) is 10.6. The van der Waals surface area contributed by atoms with Crippen LogP contribution in [0.3, 0.4) is 0 Å². The first-order valence-electron chi connectivity index (χ1n) is 5.90. The van der Waals surface area contributed by atoms with E-state index >= 15 is 0 Å². The van der Waals surface area contributed by atoms with Crippen molar-refractivity contribution in [3.63, 3.8) is 0 Å². The smallest absolute Gasteiger partial charge is 0.305 e. The molecule has 0 aliphatic rings. The maximum absolute atomic E-state index is 13.8. The summed E-state index contributed by atoms with van der Waals surface area (Å²) in [5.74, 6) is -0.339. The number of nitrogens with zero attached hydrogens (tertiary/aromatic N) is 2. The maximum atomic E-state index is 13.8. The van der Waals surface area contributed by atoms with E-state index in [-0.39, 0.29) is 13.3 Å². The summed E-state index contributed by atoms with van der Waals surface area (Å²) in [6.45, 7) is 0. The molecule has 0 aliphatic heterocycles. The molecular weight excluding hydrogens is 242 g/mol. The molecule has 0 fully saturated rings. The van der Waals surface area contributed by atoms with E-state index in [0.29, 0.717) is 22.4 Å². The maximum Gasteiger partial charge on any atom is 0.305 e. The van der Waals surface area contributed by atoms with Crippen LogP contribution >= 0.6 is 0 Å². The highest BCUT2D eigenvalue weighted by molar-refractivity contribution is 6.50. The van der Waals surface area contributed by atoms with E-state index in [9.17, 15) is 9.41 Å². The van der Waals surface area contributed by atoms with Gasteiger partial charge in [0.15, 0.2) is 5.65 Å². The Bertz CT molecular complexity index is 748. The first-order valence-corrected chi connectivity index (χ1v) is 5.90. The van der Waals surface area contributed by atoms with Crippen molar-refractivity contribution in [3.8, 4) is 11.3 Å². The second kappa shape index (κ2) is 4.78. The largest absolute Gasteiger partial charge is 0.449 e. The molecule has 0 saturated heterocycles. The lowest BCUT2D eigenvalue weighted by Gasteiger charge is -2.07. The monoisotopic (exact) mass is 252 g/mol. The average molecular weight is 252 g/mol. The molecule has 0 radical (unpaired) electrons. The van der Waals surface area contributed by atoms with Crippen molar-refractivity contribution in [1.29, 1.82) is 0 Å². The SMILES string of the molecule is OBc1cc(-c2ccccc2F)nc2ncccc12. The highest BCUT2D eigenvalue weighted by Gasteiger charge is 2.11. The lowest BCUT2D eigenvalue weighted by Crippen LogP contribution is -2.16. The van der Waals surface area contributed by atoms with Crippen LogP contribution in [0.25, 0.3) is 22.3 Å².